The fourth-order valence-electron chi connectivity index (χ4n) is 1.98. The van der Waals surface area contributed by atoms with Gasteiger partial charge in [0.2, 0.25) is 10.0 Å². The summed E-state index contributed by atoms with van der Waals surface area (Å²) in [6, 6.07) is 7.08. The summed E-state index contributed by atoms with van der Waals surface area (Å²) in [6.45, 7) is 0.270. The molecule has 2 aromatic rings. The number of nitrogens with zero attached hydrogens (tertiary/aromatic N) is 2. The van der Waals surface area contributed by atoms with Crippen molar-refractivity contribution < 1.29 is 17.5 Å². The maximum Gasteiger partial charge on any atom is 0.246 e. The summed E-state index contributed by atoms with van der Waals surface area (Å²) in [5.74, 6) is -0.501. The smallest absolute Gasteiger partial charge is 0.246 e. The van der Waals surface area contributed by atoms with E-state index in [-0.39, 0.29) is 17.2 Å². The number of pyridine rings is 1. The van der Waals surface area contributed by atoms with Crippen LogP contribution in [0.2, 0.25) is 0 Å². The van der Waals surface area contributed by atoms with Crippen LogP contribution in [0.3, 0.4) is 0 Å². The van der Waals surface area contributed by atoms with E-state index in [9.17, 15) is 12.8 Å². The molecule has 0 bridgehead atoms. The summed E-state index contributed by atoms with van der Waals surface area (Å²) in [4.78, 5) is 3.74. The first-order valence-corrected chi connectivity index (χ1v) is 8.08. The van der Waals surface area contributed by atoms with E-state index in [2.05, 4.69) is 4.98 Å². The number of sulfonamides is 1. The Morgan fingerprint density at radius 2 is 1.91 bits per heavy atom. The van der Waals surface area contributed by atoms with Gasteiger partial charge < -0.3 is 4.74 Å². The molecule has 2 rings (SSSR count). The monoisotopic (exact) mass is 324 g/mol. The number of hydrogen-bond donors (Lipinski definition) is 0. The molecule has 118 valence electrons. The van der Waals surface area contributed by atoms with Crippen LogP contribution >= 0.6 is 0 Å². The van der Waals surface area contributed by atoms with E-state index in [0.717, 1.165) is 17.7 Å². The number of halogens is 1. The molecule has 0 amide bonds. The van der Waals surface area contributed by atoms with Gasteiger partial charge in [0.15, 0.2) is 0 Å². The highest BCUT2D eigenvalue weighted by molar-refractivity contribution is 7.89. The highest BCUT2D eigenvalue weighted by atomic mass is 32.2. The Hall–Kier alpha value is -1.99. The molecule has 7 heteroatoms. The fourth-order valence-corrected chi connectivity index (χ4v) is 3.31. The molecular formula is C15H17FN2O3S. The number of methoxy groups -OCH3 is 1. The summed E-state index contributed by atoms with van der Waals surface area (Å²) >= 11 is 0. The zero-order valence-corrected chi connectivity index (χ0v) is 13.2. The number of rotatable bonds is 6. The Balaban J connectivity index is 2.21. The molecule has 5 nitrogen and oxygen atoms in total. The summed E-state index contributed by atoms with van der Waals surface area (Å²) in [7, 11) is -1.01. The van der Waals surface area contributed by atoms with Gasteiger partial charge in [0.1, 0.15) is 16.5 Å². The van der Waals surface area contributed by atoms with Gasteiger partial charge in [0.05, 0.1) is 7.11 Å². The lowest BCUT2D eigenvalue weighted by molar-refractivity contribution is 0.396. The fraction of sp³-hybridized carbons (Fsp3) is 0.267. The van der Waals surface area contributed by atoms with E-state index >= 15 is 0 Å². The Kier molecular flexibility index (Phi) is 5.10. The van der Waals surface area contributed by atoms with Crippen molar-refractivity contribution in [3.05, 3.63) is 54.1 Å². The lowest BCUT2D eigenvalue weighted by Crippen LogP contribution is -2.29. The van der Waals surface area contributed by atoms with Crippen LogP contribution in [-0.2, 0) is 16.4 Å². The first kappa shape index (κ1) is 16.4. The Labute approximate surface area is 129 Å². The predicted molar refractivity (Wildman–Crippen MR) is 80.7 cm³/mol. The number of aromatic nitrogens is 1. The van der Waals surface area contributed by atoms with E-state index in [4.69, 9.17) is 4.74 Å². The topological polar surface area (TPSA) is 59.5 Å². The quantitative estimate of drug-likeness (QED) is 0.816. The molecule has 0 spiro atoms. The zero-order chi connectivity index (χ0) is 16.2. The second-order valence-electron chi connectivity index (χ2n) is 4.73. The van der Waals surface area contributed by atoms with E-state index in [1.165, 1.54) is 24.5 Å². The molecule has 1 aromatic carbocycles. The van der Waals surface area contributed by atoms with Crippen LogP contribution in [0, 0.1) is 5.82 Å². The van der Waals surface area contributed by atoms with Crippen LogP contribution in [0.25, 0.3) is 0 Å². The third-order valence-electron chi connectivity index (χ3n) is 3.28. The molecule has 0 aliphatic carbocycles. The molecule has 0 fully saturated rings. The van der Waals surface area contributed by atoms with Gasteiger partial charge in [-0.2, -0.15) is 0 Å². The van der Waals surface area contributed by atoms with Gasteiger partial charge in [0, 0.05) is 26.0 Å². The molecule has 0 saturated heterocycles. The largest absolute Gasteiger partial charge is 0.495 e. The minimum atomic E-state index is -3.82. The van der Waals surface area contributed by atoms with Gasteiger partial charge in [-0.15, -0.1) is 0 Å². The normalized spacial score (nSPS) is 11.6. The van der Waals surface area contributed by atoms with Gasteiger partial charge in [-0.1, -0.05) is 0 Å². The van der Waals surface area contributed by atoms with E-state index in [1.54, 1.807) is 12.4 Å². The summed E-state index contributed by atoms with van der Waals surface area (Å²) in [6.07, 6.45) is 3.84. The molecule has 0 unspecified atom stereocenters. The predicted octanol–water partition coefficient (Wildman–Crippen LogP) is 2.09. The molecule has 0 aliphatic heterocycles. The van der Waals surface area contributed by atoms with Crippen molar-refractivity contribution in [2.45, 2.75) is 11.3 Å². The summed E-state index contributed by atoms with van der Waals surface area (Å²) in [5, 5.41) is 0. The van der Waals surface area contributed by atoms with Gasteiger partial charge >= 0.3 is 0 Å². The van der Waals surface area contributed by atoms with Crippen molar-refractivity contribution in [2.24, 2.45) is 0 Å². The van der Waals surface area contributed by atoms with Gasteiger partial charge in [0.25, 0.3) is 0 Å². The molecule has 22 heavy (non-hydrogen) atoms. The van der Waals surface area contributed by atoms with Crippen LogP contribution < -0.4 is 4.74 Å². The average molecular weight is 324 g/mol. The second-order valence-corrected chi connectivity index (χ2v) is 6.74. The Morgan fingerprint density at radius 3 is 2.55 bits per heavy atom. The highest BCUT2D eigenvalue weighted by Gasteiger charge is 2.25. The van der Waals surface area contributed by atoms with Gasteiger partial charge in [-0.25, -0.2) is 17.1 Å². The maximum atomic E-state index is 13.4. The molecule has 1 aromatic heterocycles. The standard InChI is InChI=1S/C15H17FN2O3S/c1-18(10-7-12-5-8-17-9-6-12)22(19,20)15-11-13(16)3-4-14(15)21-2/h3-6,8-9,11H,7,10H2,1-2H3. The van der Waals surface area contributed by atoms with E-state index in [0.29, 0.717) is 6.42 Å². The minimum absolute atomic E-state index is 0.122. The number of benzene rings is 1. The van der Waals surface area contributed by atoms with Crippen molar-refractivity contribution >= 4 is 10.0 Å². The average Bonchev–Trinajstić information content (AvgIpc) is 2.53. The van der Waals surface area contributed by atoms with E-state index in [1.807, 2.05) is 12.1 Å². The Bertz CT molecular complexity index is 736. The highest BCUT2D eigenvalue weighted by Crippen LogP contribution is 2.26. The molecule has 0 aliphatic rings. The van der Waals surface area contributed by atoms with Crippen LogP contribution in [0.15, 0.2) is 47.6 Å². The lowest BCUT2D eigenvalue weighted by atomic mass is 10.2. The maximum absolute atomic E-state index is 13.4. The van der Waals surface area contributed by atoms with Crippen molar-refractivity contribution in [1.82, 2.24) is 9.29 Å². The van der Waals surface area contributed by atoms with Crippen LogP contribution in [0.1, 0.15) is 5.56 Å². The first-order chi connectivity index (χ1) is 10.4. The Morgan fingerprint density at radius 1 is 1.23 bits per heavy atom. The van der Waals surface area contributed by atoms with Crippen molar-refractivity contribution in [2.75, 3.05) is 20.7 Å². The number of ether oxygens (including phenoxy) is 1. The minimum Gasteiger partial charge on any atom is -0.495 e. The molecule has 0 radical (unpaired) electrons. The van der Waals surface area contributed by atoms with Crippen LogP contribution in [0.4, 0.5) is 4.39 Å². The van der Waals surface area contributed by atoms with Gasteiger partial charge in [-0.05, 0) is 42.3 Å². The van der Waals surface area contributed by atoms with Crippen molar-refractivity contribution in [3.8, 4) is 5.75 Å². The van der Waals surface area contributed by atoms with Crippen LogP contribution in [-0.4, -0.2) is 38.4 Å². The lowest BCUT2D eigenvalue weighted by Gasteiger charge is -2.18. The molecule has 1 heterocycles. The van der Waals surface area contributed by atoms with E-state index < -0.39 is 15.8 Å². The zero-order valence-electron chi connectivity index (χ0n) is 12.4. The van der Waals surface area contributed by atoms with Crippen molar-refractivity contribution in [1.29, 1.82) is 0 Å². The van der Waals surface area contributed by atoms with Gasteiger partial charge in [-0.3, -0.25) is 4.98 Å². The SMILES string of the molecule is COc1ccc(F)cc1S(=O)(=O)N(C)CCc1ccncc1. The van der Waals surface area contributed by atoms with Crippen LogP contribution in [0.5, 0.6) is 5.75 Å². The number of likely N-dealkylation sites (N-methyl/N-ethyl adjacent to an activating group) is 1. The first-order valence-electron chi connectivity index (χ1n) is 6.64. The molecule has 0 N–H and O–H groups in total. The van der Waals surface area contributed by atoms with Crippen molar-refractivity contribution in [3.63, 3.8) is 0 Å². The summed E-state index contributed by atoms with van der Waals surface area (Å²) in [5.41, 5.74) is 0.975. The summed E-state index contributed by atoms with van der Waals surface area (Å²) < 4.78 is 44.7. The third kappa shape index (κ3) is 3.61. The molecular weight excluding hydrogens is 307 g/mol. The molecule has 0 saturated carbocycles. The number of hydrogen-bond acceptors (Lipinski definition) is 4. The molecule has 0 atom stereocenters. The second kappa shape index (κ2) is 6.85. The third-order valence-corrected chi connectivity index (χ3v) is 5.16.